The van der Waals surface area contributed by atoms with Crippen molar-refractivity contribution in [2.75, 3.05) is 5.73 Å². The predicted molar refractivity (Wildman–Crippen MR) is 66.0 cm³/mol. The summed E-state index contributed by atoms with van der Waals surface area (Å²) in [4.78, 5) is 0. The van der Waals surface area contributed by atoms with E-state index in [1.165, 1.54) is 6.07 Å². The summed E-state index contributed by atoms with van der Waals surface area (Å²) in [5.74, 6) is -0.337. The van der Waals surface area contributed by atoms with Crippen molar-refractivity contribution in [1.82, 2.24) is 0 Å². The van der Waals surface area contributed by atoms with E-state index < -0.39 is 0 Å². The molecular formula is C13H11ClFN. The van der Waals surface area contributed by atoms with Crippen molar-refractivity contribution in [2.45, 2.75) is 6.92 Å². The molecule has 2 N–H and O–H groups in total. The molecule has 1 nitrogen and oxygen atoms in total. The molecule has 0 aliphatic rings. The Morgan fingerprint density at radius 1 is 1.12 bits per heavy atom. The first-order chi connectivity index (χ1) is 7.58. The van der Waals surface area contributed by atoms with Gasteiger partial charge in [-0.1, -0.05) is 23.7 Å². The lowest BCUT2D eigenvalue weighted by atomic mass is 10.0. The fourth-order valence-corrected chi connectivity index (χ4v) is 1.69. The van der Waals surface area contributed by atoms with Gasteiger partial charge < -0.3 is 5.73 Å². The maximum Gasteiger partial charge on any atom is 0.132 e. The minimum atomic E-state index is -0.337. The van der Waals surface area contributed by atoms with E-state index in [9.17, 15) is 4.39 Å². The Kier molecular flexibility index (Phi) is 2.84. The quantitative estimate of drug-likeness (QED) is 0.742. The van der Waals surface area contributed by atoms with Gasteiger partial charge >= 0.3 is 0 Å². The van der Waals surface area contributed by atoms with Gasteiger partial charge in [0.15, 0.2) is 0 Å². The normalized spacial score (nSPS) is 10.4. The lowest BCUT2D eigenvalue weighted by molar-refractivity contribution is 0.631. The van der Waals surface area contributed by atoms with E-state index in [0.29, 0.717) is 16.3 Å². The summed E-state index contributed by atoms with van der Waals surface area (Å²) < 4.78 is 13.6. The molecule has 0 saturated heterocycles. The number of hydrogen-bond acceptors (Lipinski definition) is 1. The average molecular weight is 236 g/mol. The molecule has 3 heteroatoms. The predicted octanol–water partition coefficient (Wildman–Crippen LogP) is 4.04. The molecule has 0 aliphatic heterocycles. The number of rotatable bonds is 1. The van der Waals surface area contributed by atoms with Crippen LogP contribution in [0.1, 0.15) is 5.56 Å². The SMILES string of the molecule is Cc1ccc(-c2ccc(Cl)cc2F)cc1N. The van der Waals surface area contributed by atoms with Crippen LogP contribution in [0.15, 0.2) is 36.4 Å². The van der Waals surface area contributed by atoms with E-state index in [1.54, 1.807) is 18.2 Å². The standard InChI is InChI=1S/C13H11ClFN/c1-8-2-3-9(6-13(8)16)11-5-4-10(14)7-12(11)15/h2-7H,16H2,1H3. The van der Waals surface area contributed by atoms with Crippen LogP contribution < -0.4 is 5.73 Å². The highest BCUT2D eigenvalue weighted by Gasteiger charge is 2.06. The van der Waals surface area contributed by atoms with Crippen LogP contribution in [0.25, 0.3) is 11.1 Å². The third kappa shape index (κ3) is 2.02. The largest absolute Gasteiger partial charge is 0.398 e. The van der Waals surface area contributed by atoms with Gasteiger partial charge in [0.25, 0.3) is 0 Å². The molecular weight excluding hydrogens is 225 g/mol. The zero-order valence-corrected chi connectivity index (χ0v) is 9.55. The Morgan fingerprint density at radius 3 is 2.50 bits per heavy atom. The number of nitrogens with two attached hydrogens (primary N) is 1. The van der Waals surface area contributed by atoms with Gasteiger partial charge in [-0.05, 0) is 42.3 Å². The van der Waals surface area contributed by atoms with Gasteiger partial charge in [-0.3, -0.25) is 0 Å². The van der Waals surface area contributed by atoms with Gasteiger partial charge in [-0.25, -0.2) is 4.39 Å². The van der Waals surface area contributed by atoms with Crippen LogP contribution in [0.5, 0.6) is 0 Å². The number of benzene rings is 2. The molecule has 16 heavy (non-hydrogen) atoms. The van der Waals surface area contributed by atoms with Crippen LogP contribution in [0, 0.1) is 12.7 Å². The molecule has 0 aromatic heterocycles. The van der Waals surface area contributed by atoms with E-state index in [-0.39, 0.29) is 5.82 Å². The molecule has 82 valence electrons. The molecule has 0 heterocycles. The second kappa shape index (κ2) is 4.14. The number of anilines is 1. The van der Waals surface area contributed by atoms with E-state index in [2.05, 4.69) is 0 Å². The summed E-state index contributed by atoms with van der Waals surface area (Å²) in [5.41, 5.74) is 8.70. The van der Waals surface area contributed by atoms with Crippen LogP contribution in [-0.4, -0.2) is 0 Å². The first kappa shape index (κ1) is 11.0. The molecule has 2 aromatic carbocycles. The highest BCUT2D eigenvalue weighted by Crippen LogP contribution is 2.27. The Bertz CT molecular complexity index is 537. The van der Waals surface area contributed by atoms with Crippen LogP contribution in [-0.2, 0) is 0 Å². The van der Waals surface area contributed by atoms with Crippen LogP contribution in [0.2, 0.25) is 5.02 Å². The van der Waals surface area contributed by atoms with Crippen LogP contribution in [0.3, 0.4) is 0 Å². The van der Waals surface area contributed by atoms with Crippen molar-refractivity contribution in [3.05, 3.63) is 52.8 Å². The summed E-state index contributed by atoms with van der Waals surface area (Å²) in [6, 6.07) is 10.1. The molecule has 0 saturated carbocycles. The zero-order valence-electron chi connectivity index (χ0n) is 8.80. The van der Waals surface area contributed by atoms with Gasteiger partial charge in [0.1, 0.15) is 5.82 Å². The number of hydrogen-bond donors (Lipinski definition) is 1. The van der Waals surface area contributed by atoms with Crippen LogP contribution >= 0.6 is 11.6 Å². The number of halogens is 2. The molecule has 0 amide bonds. The fraction of sp³-hybridized carbons (Fsp3) is 0.0769. The minimum Gasteiger partial charge on any atom is -0.398 e. The first-order valence-corrected chi connectivity index (χ1v) is 5.27. The topological polar surface area (TPSA) is 26.0 Å². The highest BCUT2D eigenvalue weighted by atomic mass is 35.5. The van der Waals surface area contributed by atoms with Crippen molar-refractivity contribution in [3.8, 4) is 11.1 Å². The van der Waals surface area contributed by atoms with Crippen molar-refractivity contribution in [3.63, 3.8) is 0 Å². The Labute approximate surface area is 98.7 Å². The molecule has 0 fully saturated rings. The molecule has 0 radical (unpaired) electrons. The summed E-state index contributed by atoms with van der Waals surface area (Å²) in [6.07, 6.45) is 0. The number of aryl methyl sites for hydroxylation is 1. The Balaban J connectivity index is 2.54. The molecule has 0 spiro atoms. The van der Waals surface area contributed by atoms with Crippen molar-refractivity contribution < 1.29 is 4.39 Å². The van der Waals surface area contributed by atoms with E-state index in [0.717, 1.165) is 11.1 Å². The van der Waals surface area contributed by atoms with Gasteiger partial charge in [-0.15, -0.1) is 0 Å². The maximum absolute atomic E-state index is 13.6. The second-order valence-corrected chi connectivity index (χ2v) is 4.13. The van der Waals surface area contributed by atoms with E-state index >= 15 is 0 Å². The van der Waals surface area contributed by atoms with Crippen molar-refractivity contribution in [2.24, 2.45) is 0 Å². The number of nitrogen functional groups attached to an aromatic ring is 1. The third-order valence-electron chi connectivity index (χ3n) is 2.52. The van der Waals surface area contributed by atoms with Gasteiger partial charge in [-0.2, -0.15) is 0 Å². The molecule has 0 aliphatic carbocycles. The van der Waals surface area contributed by atoms with Crippen LogP contribution in [0.4, 0.5) is 10.1 Å². The molecule has 0 unspecified atom stereocenters. The first-order valence-electron chi connectivity index (χ1n) is 4.89. The highest BCUT2D eigenvalue weighted by molar-refractivity contribution is 6.30. The van der Waals surface area contributed by atoms with Gasteiger partial charge in [0.05, 0.1) is 0 Å². The van der Waals surface area contributed by atoms with E-state index in [1.807, 2.05) is 19.1 Å². The molecule has 0 atom stereocenters. The average Bonchev–Trinajstić information content (AvgIpc) is 2.22. The monoisotopic (exact) mass is 235 g/mol. The second-order valence-electron chi connectivity index (χ2n) is 3.70. The summed E-state index contributed by atoms with van der Waals surface area (Å²) in [7, 11) is 0. The zero-order chi connectivity index (χ0) is 11.7. The summed E-state index contributed by atoms with van der Waals surface area (Å²) in [6.45, 7) is 1.91. The fourth-order valence-electron chi connectivity index (χ4n) is 1.53. The molecule has 2 rings (SSSR count). The third-order valence-corrected chi connectivity index (χ3v) is 2.76. The van der Waals surface area contributed by atoms with Crippen molar-refractivity contribution in [1.29, 1.82) is 0 Å². The lowest BCUT2D eigenvalue weighted by Gasteiger charge is -2.06. The smallest absolute Gasteiger partial charge is 0.132 e. The Morgan fingerprint density at radius 2 is 1.88 bits per heavy atom. The summed E-state index contributed by atoms with van der Waals surface area (Å²) >= 11 is 5.70. The van der Waals surface area contributed by atoms with Crippen molar-refractivity contribution >= 4 is 17.3 Å². The van der Waals surface area contributed by atoms with Gasteiger partial charge in [0.2, 0.25) is 0 Å². The lowest BCUT2D eigenvalue weighted by Crippen LogP contribution is -1.91. The minimum absolute atomic E-state index is 0.337. The Hall–Kier alpha value is -1.54. The molecule has 2 aromatic rings. The maximum atomic E-state index is 13.6. The molecule has 0 bridgehead atoms. The summed E-state index contributed by atoms with van der Waals surface area (Å²) in [5, 5.41) is 0.390. The van der Waals surface area contributed by atoms with Gasteiger partial charge in [0, 0.05) is 16.3 Å². The van der Waals surface area contributed by atoms with E-state index in [4.69, 9.17) is 17.3 Å².